The smallest absolute Gasteiger partial charge is 0.233 e. The highest BCUT2D eigenvalue weighted by Crippen LogP contribution is 2.30. The lowest BCUT2D eigenvalue weighted by Gasteiger charge is -2.41. The highest BCUT2D eigenvalue weighted by atomic mass is 32.2. The van der Waals surface area contributed by atoms with Crippen LogP contribution in [0.4, 0.5) is 5.69 Å². The van der Waals surface area contributed by atoms with Gasteiger partial charge in [0.05, 0.1) is 25.7 Å². The van der Waals surface area contributed by atoms with Crippen molar-refractivity contribution in [2.24, 2.45) is 0 Å². The number of methoxy groups -OCH3 is 2. The summed E-state index contributed by atoms with van der Waals surface area (Å²) in [5.74, 6) is 2.30. The topological polar surface area (TPSA) is 42.0 Å². The summed E-state index contributed by atoms with van der Waals surface area (Å²) in [7, 11) is 3.34. The lowest BCUT2D eigenvalue weighted by Crippen LogP contribution is -2.54. The van der Waals surface area contributed by atoms with Crippen molar-refractivity contribution in [1.82, 2.24) is 4.90 Å². The van der Waals surface area contributed by atoms with E-state index in [1.807, 2.05) is 47.4 Å². The molecule has 1 aliphatic heterocycles. The molecular weight excluding hydrogens is 360 g/mol. The molecule has 5 nitrogen and oxygen atoms in total. The largest absolute Gasteiger partial charge is 0.497 e. The molecule has 0 saturated carbocycles. The summed E-state index contributed by atoms with van der Waals surface area (Å²) >= 11 is 1.55. The van der Waals surface area contributed by atoms with Crippen LogP contribution in [0.15, 0.2) is 53.4 Å². The van der Waals surface area contributed by atoms with Crippen LogP contribution in [0.2, 0.25) is 0 Å². The van der Waals surface area contributed by atoms with Crippen molar-refractivity contribution >= 4 is 23.4 Å². The molecule has 2 aromatic rings. The Bertz CT molecular complexity index is 784. The van der Waals surface area contributed by atoms with Gasteiger partial charge in [-0.3, -0.25) is 4.79 Å². The SMILES string of the molecule is COc1cccc(SCC(=O)N2CCN(c3ccccc3OC)CC2C)c1. The zero-order valence-electron chi connectivity index (χ0n) is 16.1. The molecular formula is C21H26N2O3S. The molecule has 27 heavy (non-hydrogen) atoms. The van der Waals surface area contributed by atoms with Crippen molar-refractivity contribution < 1.29 is 14.3 Å². The van der Waals surface area contributed by atoms with Crippen LogP contribution >= 0.6 is 11.8 Å². The molecule has 1 fully saturated rings. The van der Waals surface area contributed by atoms with Gasteiger partial charge in [0.15, 0.2) is 0 Å². The fraction of sp³-hybridized carbons (Fsp3) is 0.381. The quantitative estimate of drug-likeness (QED) is 0.711. The third-order valence-corrected chi connectivity index (χ3v) is 5.76. The molecule has 1 unspecified atom stereocenters. The van der Waals surface area contributed by atoms with E-state index in [1.165, 1.54) is 0 Å². The van der Waals surface area contributed by atoms with Crippen LogP contribution in [-0.2, 0) is 4.79 Å². The van der Waals surface area contributed by atoms with Crippen LogP contribution in [0.25, 0.3) is 0 Å². The summed E-state index contributed by atoms with van der Waals surface area (Å²) in [5, 5.41) is 0. The van der Waals surface area contributed by atoms with Gasteiger partial charge in [-0.05, 0) is 37.3 Å². The molecule has 6 heteroatoms. The maximum atomic E-state index is 12.7. The minimum atomic E-state index is 0.155. The average Bonchev–Trinajstić information content (AvgIpc) is 2.72. The first-order valence-corrected chi connectivity index (χ1v) is 10.0. The number of rotatable bonds is 6. The highest BCUT2D eigenvalue weighted by molar-refractivity contribution is 8.00. The van der Waals surface area contributed by atoms with E-state index in [1.54, 1.807) is 26.0 Å². The summed E-state index contributed by atoms with van der Waals surface area (Å²) in [5.41, 5.74) is 1.09. The normalized spacial score (nSPS) is 16.9. The van der Waals surface area contributed by atoms with Crippen molar-refractivity contribution in [3.63, 3.8) is 0 Å². The van der Waals surface area contributed by atoms with E-state index in [2.05, 4.69) is 17.9 Å². The second-order valence-electron chi connectivity index (χ2n) is 6.52. The molecule has 1 amide bonds. The lowest BCUT2D eigenvalue weighted by atomic mass is 10.1. The van der Waals surface area contributed by atoms with E-state index >= 15 is 0 Å². The molecule has 0 spiro atoms. The zero-order valence-corrected chi connectivity index (χ0v) is 16.9. The number of hydrogen-bond donors (Lipinski definition) is 0. The number of piperazine rings is 1. The van der Waals surface area contributed by atoms with Gasteiger partial charge in [0.1, 0.15) is 11.5 Å². The Hall–Kier alpha value is -2.34. The van der Waals surface area contributed by atoms with Gasteiger partial charge in [0, 0.05) is 30.6 Å². The van der Waals surface area contributed by atoms with Gasteiger partial charge < -0.3 is 19.3 Å². The second kappa shape index (κ2) is 9.04. The van der Waals surface area contributed by atoms with Crippen LogP contribution < -0.4 is 14.4 Å². The first-order chi connectivity index (χ1) is 13.1. The molecule has 0 radical (unpaired) electrons. The van der Waals surface area contributed by atoms with Crippen LogP contribution in [0.1, 0.15) is 6.92 Å². The number of nitrogens with zero attached hydrogens (tertiary/aromatic N) is 2. The Morgan fingerprint density at radius 2 is 1.93 bits per heavy atom. The van der Waals surface area contributed by atoms with Gasteiger partial charge in [-0.2, -0.15) is 0 Å². The lowest BCUT2D eigenvalue weighted by molar-refractivity contribution is -0.130. The molecule has 3 rings (SSSR count). The van der Waals surface area contributed by atoms with E-state index in [9.17, 15) is 4.79 Å². The Morgan fingerprint density at radius 1 is 1.11 bits per heavy atom. The van der Waals surface area contributed by atoms with Gasteiger partial charge in [-0.25, -0.2) is 0 Å². The van der Waals surface area contributed by atoms with Crippen LogP contribution in [0, 0.1) is 0 Å². The van der Waals surface area contributed by atoms with Crippen LogP contribution in [0.5, 0.6) is 11.5 Å². The van der Waals surface area contributed by atoms with Gasteiger partial charge in [-0.15, -0.1) is 11.8 Å². The van der Waals surface area contributed by atoms with Crippen LogP contribution in [0.3, 0.4) is 0 Å². The second-order valence-corrected chi connectivity index (χ2v) is 7.57. The highest BCUT2D eigenvalue weighted by Gasteiger charge is 2.28. The Balaban J connectivity index is 1.58. The van der Waals surface area contributed by atoms with Crippen molar-refractivity contribution in [3.05, 3.63) is 48.5 Å². The monoisotopic (exact) mass is 386 g/mol. The molecule has 1 saturated heterocycles. The molecule has 0 aliphatic carbocycles. The average molecular weight is 387 g/mol. The molecule has 144 valence electrons. The summed E-state index contributed by atoms with van der Waals surface area (Å²) in [6.07, 6.45) is 0. The van der Waals surface area contributed by atoms with Gasteiger partial charge in [0.25, 0.3) is 0 Å². The number of thioether (sulfide) groups is 1. The Kier molecular flexibility index (Phi) is 6.50. The zero-order chi connectivity index (χ0) is 19.2. The third kappa shape index (κ3) is 4.69. The van der Waals surface area contributed by atoms with E-state index in [-0.39, 0.29) is 11.9 Å². The number of benzene rings is 2. The summed E-state index contributed by atoms with van der Waals surface area (Å²) < 4.78 is 10.7. The maximum Gasteiger partial charge on any atom is 0.233 e. The van der Waals surface area contributed by atoms with Crippen molar-refractivity contribution in [3.8, 4) is 11.5 Å². The van der Waals surface area contributed by atoms with Crippen molar-refractivity contribution in [1.29, 1.82) is 0 Å². The third-order valence-electron chi connectivity index (χ3n) is 4.78. The first kappa shape index (κ1) is 19.4. The number of carbonyl (C=O) groups is 1. The predicted octanol–water partition coefficient (Wildman–Crippen LogP) is 3.53. The van der Waals surface area contributed by atoms with Crippen LogP contribution in [-0.4, -0.2) is 56.5 Å². The number of para-hydroxylation sites is 2. The number of hydrogen-bond acceptors (Lipinski definition) is 5. The number of amides is 1. The maximum absolute atomic E-state index is 12.7. The van der Waals surface area contributed by atoms with Gasteiger partial charge >= 0.3 is 0 Å². The molecule has 1 aliphatic rings. The fourth-order valence-corrected chi connectivity index (χ4v) is 4.19. The fourth-order valence-electron chi connectivity index (χ4n) is 3.36. The molecule has 0 N–H and O–H groups in total. The number of anilines is 1. The van der Waals surface area contributed by atoms with Crippen molar-refractivity contribution in [2.75, 3.05) is 44.5 Å². The number of ether oxygens (including phenoxy) is 2. The minimum Gasteiger partial charge on any atom is -0.497 e. The molecule has 1 atom stereocenters. The van der Waals surface area contributed by atoms with E-state index in [0.29, 0.717) is 5.75 Å². The first-order valence-electron chi connectivity index (χ1n) is 9.06. The minimum absolute atomic E-state index is 0.155. The molecule has 2 aromatic carbocycles. The Morgan fingerprint density at radius 3 is 2.67 bits per heavy atom. The standard InChI is InChI=1S/C21H26N2O3S/c1-16-14-22(19-9-4-5-10-20(19)26-3)11-12-23(16)21(24)15-27-18-8-6-7-17(13-18)25-2/h4-10,13,16H,11-12,14-15H2,1-3H3. The Labute approximate surface area is 165 Å². The van der Waals surface area contributed by atoms with E-state index in [4.69, 9.17) is 9.47 Å². The van der Waals surface area contributed by atoms with E-state index < -0.39 is 0 Å². The van der Waals surface area contributed by atoms with Crippen molar-refractivity contribution in [2.45, 2.75) is 17.9 Å². The molecule has 0 aromatic heterocycles. The summed E-state index contributed by atoms with van der Waals surface area (Å²) in [6.45, 7) is 4.43. The van der Waals surface area contributed by atoms with Gasteiger partial charge in [-0.1, -0.05) is 18.2 Å². The predicted molar refractivity (Wildman–Crippen MR) is 110 cm³/mol. The molecule has 1 heterocycles. The summed E-state index contributed by atoms with van der Waals surface area (Å²) in [4.78, 5) is 18.1. The van der Waals surface area contributed by atoms with Gasteiger partial charge in [0.2, 0.25) is 5.91 Å². The summed E-state index contributed by atoms with van der Waals surface area (Å²) in [6, 6.07) is 16.0. The van der Waals surface area contributed by atoms with E-state index in [0.717, 1.165) is 41.7 Å². The molecule has 0 bridgehead atoms. The number of carbonyl (C=O) groups excluding carboxylic acids is 1.